The molecule has 4 atom stereocenters. The average Bonchev–Trinajstić information content (AvgIpc) is 2.51. The quantitative estimate of drug-likeness (QED) is 0.612. The Morgan fingerprint density at radius 1 is 1.20 bits per heavy atom. The molecule has 3 rings (SSSR count). The molecule has 3 nitrogen and oxygen atoms in total. The van der Waals surface area contributed by atoms with Crippen molar-refractivity contribution < 1.29 is 14.3 Å². The van der Waals surface area contributed by atoms with Gasteiger partial charge in [-0.3, -0.25) is 4.79 Å². The summed E-state index contributed by atoms with van der Waals surface area (Å²) in [5.74, 6) is 0.930. The lowest BCUT2D eigenvalue weighted by Gasteiger charge is -2.21. The number of hydrogen-bond donors (Lipinski definition) is 0. The maximum absolute atomic E-state index is 11.5. The summed E-state index contributed by atoms with van der Waals surface area (Å²) in [6.45, 7) is 3.94. The molecule has 0 amide bonds. The summed E-state index contributed by atoms with van der Waals surface area (Å²) in [7, 11) is 0. The molecule has 3 aliphatic rings. The van der Waals surface area contributed by atoms with Gasteiger partial charge in [0.2, 0.25) is 0 Å². The van der Waals surface area contributed by atoms with Crippen LogP contribution in [0.3, 0.4) is 0 Å². The summed E-state index contributed by atoms with van der Waals surface area (Å²) in [5.41, 5.74) is 0. The standard InChI is InChI=1S/C12H18O3/c1-12(2)14-10-7-3-4-9(13)6-8(5-7)11(10)15-12/h7-8,10-11H,3-6H2,1-2H3/t7-,8-,10+,11-/m0/s1. The monoisotopic (exact) mass is 210 g/mol. The van der Waals surface area contributed by atoms with E-state index in [1.165, 1.54) is 0 Å². The fraction of sp³-hybridized carbons (Fsp3) is 0.917. The fourth-order valence-corrected chi connectivity index (χ4v) is 3.43. The van der Waals surface area contributed by atoms with Crippen molar-refractivity contribution in [3.63, 3.8) is 0 Å². The van der Waals surface area contributed by atoms with Gasteiger partial charge in [-0.2, -0.15) is 0 Å². The molecule has 0 aromatic rings. The summed E-state index contributed by atoms with van der Waals surface area (Å²) in [5, 5.41) is 0. The Balaban J connectivity index is 1.85. The molecule has 0 spiro atoms. The molecule has 0 aromatic heterocycles. The number of Topliss-reactive ketones (excluding diaryl/α,β-unsaturated/α-hetero) is 1. The minimum absolute atomic E-state index is 0.175. The molecule has 1 aliphatic heterocycles. The third-order valence-corrected chi connectivity index (χ3v) is 3.98. The van der Waals surface area contributed by atoms with Crippen molar-refractivity contribution in [1.82, 2.24) is 0 Å². The van der Waals surface area contributed by atoms with Gasteiger partial charge in [-0.25, -0.2) is 0 Å². The van der Waals surface area contributed by atoms with E-state index in [9.17, 15) is 4.79 Å². The largest absolute Gasteiger partial charge is 0.344 e. The molecule has 1 heterocycles. The van der Waals surface area contributed by atoms with Crippen molar-refractivity contribution in [2.45, 2.75) is 57.5 Å². The Morgan fingerprint density at radius 2 is 1.87 bits per heavy atom. The first kappa shape index (κ1) is 9.79. The van der Waals surface area contributed by atoms with Crippen LogP contribution in [0.4, 0.5) is 0 Å². The van der Waals surface area contributed by atoms with E-state index in [0.717, 1.165) is 19.3 Å². The van der Waals surface area contributed by atoms with Gasteiger partial charge >= 0.3 is 0 Å². The number of rotatable bonds is 0. The van der Waals surface area contributed by atoms with E-state index >= 15 is 0 Å². The van der Waals surface area contributed by atoms with E-state index in [1.54, 1.807) is 0 Å². The highest BCUT2D eigenvalue weighted by molar-refractivity contribution is 5.79. The second-order valence-corrected chi connectivity index (χ2v) is 5.60. The van der Waals surface area contributed by atoms with Crippen molar-refractivity contribution in [2.75, 3.05) is 0 Å². The Hall–Kier alpha value is -0.410. The van der Waals surface area contributed by atoms with Gasteiger partial charge in [0.05, 0.1) is 12.2 Å². The molecule has 1 saturated heterocycles. The van der Waals surface area contributed by atoms with E-state index in [1.807, 2.05) is 13.8 Å². The average molecular weight is 210 g/mol. The van der Waals surface area contributed by atoms with Crippen LogP contribution in [-0.2, 0) is 14.3 Å². The maximum Gasteiger partial charge on any atom is 0.163 e. The first-order chi connectivity index (χ1) is 7.05. The minimum atomic E-state index is -0.445. The van der Waals surface area contributed by atoms with Gasteiger partial charge in [-0.15, -0.1) is 0 Å². The van der Waals surface area contributed by atoms with Gasteiger partial charge in [0.1, 0.15) is 5.78 Å². The Morgan fingerprint density at radius 3 is 2.60 bits per heavy atom. The molecule has 3 fully saturated rings. The van der Waals surface area contributed by atoms with E-state index in [2.05, 4.69) is 0 Å². The highest BCUT2D eigenvalue weighted by atomic mass is 16.8. The predicted octanol–water partition coefficient (Wildman–Crippen LogP) is 1.90. The van der Waals surface area contributed by atoms with Gasteiger partial charge in [0.25, 0.3) is 0 Å². The van der Waals surface area contributed by atoms with E-state index < -0.39 is 5.79 Å². The molecule has 0 aromatic carbocycles. The zero-order valence-corrected chi connectivity index (χ0v) is 9.36. The molecular formula is C12H18O3. The number of carbonyl (C=O) groups excluding carboxylic acids is 1. The number of ketones is 1. The molecule has 2 bridgehead atoms. The minimum Gasteiger partial charge on any atom is -0.344 e. The summed E-state index contributed by atoms with van der Waals surface area (Å²) < 4.78 is 11.9. The number of ether oxygens (including phenoxy) is 2. The molecule has 0 radical (unpaired) electrons. The van der Waals surface area contributed by atoms with Crippen LogP contribution in [0.2, 0.25) is 0 Å². The lowest BCUT2D eigenvalue weighted by Crippen LogP contribution is -2.28. The van der Waals surface area contributed by atoms with Gasteiger partial charge in [0.15, 0.2) is 5.79 Å². The Bertz CT molecular complexity index is 297. The van der Waals surface area contributed by atoms with Crippen LogP contribution in [0.1, 0.15) is 39.5 Å². The summed E-state index contributed by atoms with van der Waals surface area (Å²) in [6, 6.07) is 0. The van der Waals surface area contributed by atoms with Crippen molar-refractivity contribution in [2.24, 2.45) is 11.8 Å². The topological polar surface area (TPSA) is 35.5 Å². The summed E-state index contributed by atoms with van der Waals surface area (Å²) in [6.07, 6.45) is 3.99. The molecule has 84 valence electrons. The van der Waals surface area contributed by atoms with E-state index in [0.29, 0.717) is 24.0 Å². The smallest absolute Gasteiger partial charge is 0.163 e. The number of carbonyl (C=O) groups is 1. The second kappa shape index (κ2) is 3.05. The third kappa shape index (κ3) is 1.53. The predicted molar refractivity (Wildman–Crippen MR) is 54.3 cm³/mol. The normalized spacial score (nSPS) is 47.7. The third-order valence-electron chi connectivity index (χ3n) is 3.98. The van der Waals surface area contributed by atoms with Crippen LogP contribution >= 0.6 is 0 Å². The molecule has 2 saturated carbocycles. The zero-order chi connectivity index (χ0) is 10.6. The molecular weight excluding hydrogens is 192 g/mol. The number of fused-ring (bicyclic) bond motifs is 5. The van der Waals surface area contributed by atoms with Gasteiger partial charge in [0, 0.05) is 12.8 Å². The molecule has 0 N–H and O–H groups in total. The summed E-state index contributed by atoms with van der Waals surface area (Å²) in [4.78, 5) is 11.5. The summed E-state index contributed by atoms with van der Waals surface area (Å²) >= 11 is 0. The van der Waals surface area contributed by atoms with Crippen molar-refractivity contribution in [3.8, 4) is 0 Å². The molecule has 0 unspecified atom stereocenters. The Labute approximate surface area is 90.1 Å². The van der Waals surface area contributed by atoms with Crippen LogP contribution in [-0.4, -0.2) is 23.8 Å². The van der Waals surface area contributed by atoms with E-state index in [4.69, 9.17) is 9.47 Å². The number of hydrogen-bond acceptors (Lipinski definition) is 3. The van der Waals surface area contributed by atoms with Crippen LogP contribution in [0.5, 0.6) is 0 Å². The highest BCUT2D eigenvalue weighted by Gasteiger charge is 2.54. The highest BCUT2D eigenvalue weighted by Crippen LogP contribution is 2.49. The zero-order valence-electron chi connectivity index (χ0n) is 9.36. The van der Waals surface area contributed by atoms with Crippen molar-refractivity contribution >= 4 is 5.78 Å². The van der Waals surface area contributed by atoms with Crippen LogP contribution in [0.25, 0.3) is 0 Å². The first-order valence-corrected chi connectivity index (χ1v) is 5.92. The molecule has 2 aliphatic carbocycles. The SMILES string of the molecule is CC1(C)O[C@@H]2[C@H]3CCC(=O)C[C@H](C3)[C@@H]2O1. The fourth-order valence-electron chi connectivity index (χ4n) is 3.43. The van der Waals surface area contributed by atoms with Crippen molar-refractivity contribution in [1.29, 1.82) is 0 Å². The van der Waals surface area contributed by atoms with Crippen molar-refractivity contribution in [3.05, 3.63) is 0 Å². The van der Waals surface area contributed by atoms with Crippen LogP contribution in [0.15, 0.2) is 0 Å². The van der Waals surface area contributed by atoms with E-state index in [-0.39, 0.29) is 12.2 Å². The second-order valence-electron chi connectivity index (χ2n) is 5.60. The van der Waals surface area contributed by atoms with Gasteiger partial charge < -0.3 is 9.47 Å². The molecule has 15 heavy (non-hydrogen) atoms. The molecule has 3 heteroatoms. The first-order valence-electron chi connectivity index (χ1n) is 5.92. The van der Waals surface area contributed by atoms with Crippen LogP contribution in [0, 0.1) is 11.8 Å². The lowest BCUT2D eigenvalue weighted by molar-refractivity contribution is -0.161. The van der Waals surface area contributed by atoms with Crippen LogP contribution < -0.4 is 0 Å². The Kier molecular flexibility index (Phi) is 1.99. The lowest BCUT2D eigenvalue weighted by atomic mass is 9.96. The maximum atomic E-state index is 11.5. The van der Waals surface area contributed by atoms with Gasteiger partial charge in [-0.1, -0.05) is 0 Å². The van der Waals surface area contributed by atoms with Gasteiger partial charge in [-0.05, 0) is 38.5 Å².